The third kappa shape index (κ3) is 4.84. The van der Waals surface area contributed by atoms with E-state index in [1.807, 2.05) is 20.8 Å². The maximum atomic E-state index is 13.1. The molecule has 3 nitrogen and oxygen atoms in total. The number of thioether (sulfide) groups is 1. The van der Waals surface area contributed by atoms with Gasteiger partial charge in [0.05, 0.1) is 11.5 Å². The van der Waals surface area contributed by atoms with Gasteiger partial charge in [0.2, 0.25) is 0 Å². The quantitative estimate of drug-likeness (QED) is 0.906. The average molecular weight is 340 g/mol. The number of nitrogens with zero attached hydrogens (tertiary/aromatic N) is 1. The minimum Gasteiger partial charge on any atom is -0.369 e. The van der Waals surface area contributed by atoms with Crippen LogP contribution < -0.4 is 5.32 Å². The van der Waals surface area contributed by atoms with E-state index >= 15 is 0 Å². The highest BCUT2D eigenvalue weighted by atomic mass is 32.2. The summed E-state index contributed by atoms with van der Waals surface area (Å²) in [6.07, 6.45) is -4.75. The summed E-state index contributed by atoms with van der Waals surface area (Å²) >= 11 is 2.78. The molecule has 1 unspecified atom stereocenters. The largest absolute Gasteiger partial charge is 0.434 e. The van der Waals surface area contributed by atoms with Gasteiger partial charge in [-0.3, -0.25) is 0 Å². The summed E-state index contributed by atoms with van der Waals surface area (Å²) in [6.45, 7) is 6.48. The third-order valence-electron chi connectivity index (χ3n) is 2.85. The standard InChI is InChI=1S/C13H19F3N2OS2/c1-12(2,3)17-6-9-10(13(14,15)16)18-11(21-9)8-7-20-5-4-19-8/h8,17H,4-7H2,1-3H3. The van der Waals surface area contributed by atoms with Gasteiger partial charge < -0.3 is 10.1 Å². The first-order valence-corrected chi connectivity index (χ1v) is 8.65. The first-order chi connectivity index (χ1) is 9.67. The molecule has 0 aliphatic carbocycles. The molecule has 1 fully saturated rings. The van der Waals surface area contributed by atoms with Crippen LogP contribution in [-0.2, 0) is 17.5 Å². The van der Waals surface area contributed by atoms with Crippen molar-refractivity contribution in [2.24, 2.45) is 0 Å². The van der Waals surface area contributed by atoms with Gasteiger partial charge in [-0.05, 0) is 20.8 Å². The van der Waals surface area contributed by atoms with E-state index in [9.17, 15) is 13.2 Å². The molecule has 0 bridgehead atoms. The lowest BCUT2D eigenvalue weighted by molar-refractivity contribution is -0.141. The first kappa shape index (κ1) is 17.1. The highest BCUT2D eigenvalue weighted by Crippen LogP contribution is 2.38. The normalized spacial score (nSPS) is 20.8. The highest BCUT2D eigenvalue weighted by Gasteiger charge is 2.38. The first-order valence-electron chi connectivity index (χ1n) is 6.68. The van der Waals surface area contributed by atoms with Gasteiger partial charge in [0.1, 0.15) is 11.1 Å². The van der Waals surface area contributed by atoms with Crippen molar-refractivity contribution in [3.05, 3.63) is 15.6 Å². The highest BCUT2D eigenvalue weighted by molar-refractivity contribution is 7.99. The molecule has 21 heavy (non-hydrogen) atoms. The number of rotatable bonds is 3. The number of alkyl halides is 3. The summed E-state index contributed by atoms with van der Waals surface area (Å²) < 4.78 is 44.9. The van der Waals surface area contributed by atoms with Crippen molar-refractivity contribution >= 4 is 23.1 Å². The fourth-order valence-corrected chi connectivity index (χ4v) is 3.85. The van der Waals surface area contributed by atoms with Crippen LogP contribution in [0.4, 0.5) is 13.2 Å². The number of halogens is 3. The zero-order valence-corrected chi connectivity index (χ0v) is 13.8. The average Bonchev–Trinajstić information content (AvgIpc) is 2.81. The van der Waals surface area contributed by atoms with Gasteiger partial charge in [-0.1, -0.05) is 0 Å². The summed E-state index contributed by atoms with van der Waals surface area (Å²) in [6, 6.07) is 0. The molecule has 1 saturated heterocycles. The lowest BCUT2D eigenvalue weighted by Crippen LogP contribution is -2.35. The predicted octanol–water partition coefficient (Wildman–Crippen LogP) is 3.85. The van der Waals surface area contributed by atoms with Gasteiger partial charge in [0.25, 0.3) is 0 Å². The number of nitrogens with one attached hydrogen (secondary N) is 1. The summed E-state index contributed by atoms with van der Waals surface area (Å²) in [5.41, 5.74) is -1.03. The maximum absolute atomic E-state index is 13.1. The minimum absolute atomic E-state index is 0.163. The van der Waals surface area contributed by atoms with Gasteiger partial charge in [-0.15, -0.1) is 11.3 Å². The number of aromatic nitrogens is 1. The Morgan fingerprint density at radius 1 is 1.33 bits per heavy atom. The van der Waals surface area contributed by atoms with E-state index in [1.54, 1.807) is 11.8 Å². The second-order valence-electron chi connectivity index (χ2n) is 5.86. The molecule has 0 aromatic carbocycles. The maximum Gasteiger partial charge on any atom is 0.434 e. The lowest BCUT2D eigenvalue weighted by Gasteiger charge is -2.20. The lowest BCUT2D eigenvalue weighted by atomic mass is 10.1. The van der Waals surface area contributed by atoms with E-state index in [2.05, 4.69) is 10.3 Å². The van der Waals surface area contributed by atoms with Crippen LogP contribution in [0.2, 0.25) is 0 Å². The Hall–Kier alpha value is -0.310. The zero-order chi connectivity index (χ0) is 15.7. The van der Waals surface area contributed by atoms with Crippen molar-refractivity contribution in [1.29, 1.82) is 0 Å². The van der Waals surface area contributed by atoms with Crippen molar-refractivity contribution in [3.8, 4) is 0 Å². The van der Waals surface area contributed by atoms with Crippen LogP contribution in [-0.4, -0.2) is 28.6 Å². The van der Waals surface area contributed by atoms with Crippen LogP contribution in [0.3, 0.4) is 0 Å². The Labute approximate surface area is 130 Å². The molecular formula is C13H19F3N2OS2. The minimum atomic E-state index is -4.43. The molecule has 2 heterocycles. The monoisotopic (exact) mass is 340 g/mol. The molecule has 8 heteroatoms. The van der Waals surface area contributed by atoms with Crippen molar-refractivity contribution in [1.82, 2.24) is 10.3 Å². The Kier molecular flexibility index (Phi) is 5.23. The molecule has 1 N–H and O–H groups in total. The van der Waals surface area contributed by atoms with Gasteiger partial charge in [-0.25, -0.2) is 4.98 Å². The van der Waals surface area contributed by atoms with Crippen molar-refractivity contribution in [3.63, 3.8) is 0 Å². The van der Waals surface area contributed by atoms with Crippen LogP contribution in [0.1, 0.15) is 42.5 Å². The van der Waals surface area contributed by atoms with Crippen LogP contribution in [0.5, 0.6) is 0 Å². The van der Waals surface area contributed by atoms with Crippen LogP contribution >= 0.6 is 23.1 Å². The van der Waals surface area contributed by atoms with E-state index in [0.717, 1.165) is 17.1 Å². The molecule has 0 saturated carbocycles. The molecule has 0 amide bonds. The van der Waals surface area contributed by atoms with E-state index in [0.29, 0.717) is 17.4 Å². The van der Waals surface area contributed by atoms with Crippen molar-refractivity contribution in [2.45, 2.75) is 45.1 Å². The van der Waals surface area contributed by atoms with E-state index in [1.165, 1.54) is 0 Å². The van der Waals surface area contributed by atoms with Crippen molar-refractivity contribution in [2.75, 3.05) is 18.1 Å². The van der Waals surface area contributed by atoms with E-state index in [4.69, 9.17) is 4.74 Å². The molecule has 1 aromatic rings. The second-order valence-corrected chi connectivity index (χ2v) is 8.12. The Bertz CT molecular complexity index is 477. The van der Waals surface area contributed by atoms with E-state index < -0.39 is 11.9 Å². The molecule has 2 rings (SSSR count). The van der Waals surface area contributed by atoms with Crippen molar-refractivity contribution < 1.29 is 17.9 Å². The van der Waals surface area contributed by atoms with Gasteiger partial charge in [0, 0.05) is 23.6 Å². The number of ether oxygens (including phenoxy) is 1. The Morgan fingerprint density at radius 2 is 2.05 bits per heavy atom. The number of thiazole rings is 1. The topological polar surface area (TPSA) is 34.1 Å². The second kappa shape index (κ2) is 6.44. The molecular weight excluding hydrogens is 321 g/mol. The summed E-state index contributed by atoms with van der Waals surface area (Å²) in [4.78, 5) is 4.05. The SMILES string of the molecule is CC(C)(C)NCc1sc(C2CSCCO2)nc1C(F)(F)F. The fraction of sp³-hybridized carbons (Fsp3) is 0.769. The van der Waals surface area contributed by atoms with Gasteiger partial charge in [-0.2, -0.15) is 24.9 Å². The number of hydrogen-bond acceptors (Lipinski definition) is 5. The number of hydrogen-bond donors (Lipinski definition) is 1. The molecule has 120 valence electrons. The summed E-state index contributed by atoms with van der Waals surface area (Å²) in [7, 11) is 0. The molecule has 1 aromatic heterocycles. The molecule has 1 aliphatic rings. The smallest absolute Gasteiger partial charge is 0.369 e. The van der Waals surface area contributed by atoms with Crippen LogP contribution in [0.15, 0.2) is 0 Å². The van der Waals surface area contributed by atoms with Crippen LogP contribution in [0.25, 0.3) is 0 Å². The molecule has 0 spiro atoms. The summed E-state index contributed by atoms with van der Waals surface area (Å²) in [5.74, 6) is 1.55. The molecule has 0 radical (unpaired) electrons. The van der Waals surface area contributed by atoms with E-state index in [-0.39, 0.29) is 23.1 Å². The predicted molar refractivity (Wildman–Crippen MR) is 79.7 cm³/mol. The van der Waals surface area contributed by atoms with Gasteiger partial charge >= 0.3 is 6.18 Å². The fourth-order valence-electron chi connectivity index (χ4n) is 1.82. The Morgan fingerprint density at radius 3 is 2.57 bits per heavy atom. The third-order valence-corrected chi connectivity index (χ3v) is 4.99. The van der Waals surface area contributed by atoms with Crippen LogP contribution in [0, 0.1) is 0 Å². The molecule has 1 aliphatic heterocycles. The Balaban J connectivity index is 2.22. The summed E-state index contributed by atoms with van der Waals surface area (Å²) in [5, 5.41) is 3.52. The van der Waals surface area contributed by atoms with Gasteiger partial charge in [0.15, 0.2) is 5.69 Å². The molecule has 1 atom stereocenters. The zero-order valence-electron chi connectivity index (χ0n) is 12.2.